The molecular formula is C21H16N4O4. The number of aromatic hydroxyl groups is 1. The van der Waals surface area contributed by atoms with Crippen molar-refractivity contribution in [3.8, 4) is 5.75 Å². The molecule has 0 aliphatic rings. The van der Waals surface area contributed by atoms with Crippen molar-refractivity contribution in [3.05, 3.63) is 99.6 Å². The Morgan fingerprint density at radius 3 is 2.21 bits per heavy atom. The van der Waals surface area contributed by atoms with E-state index in [-0.39, 0.29) is 17.1 Å². The minimum Gasteiger partial charge on any atom is -0.508 e. The standard InChI is InChI=1S/C21H16N4O4/c26-18-11-9-17(10-12-18)21(27)24-23-14-16-7-5-15(6-8-16)13-22-19-3-1-2-4-20(19)25(28)29/h1-14,26H,(H,24,27). The highest BCUT2D eigenvalue weighted by Crippen LogP contribution is 2.26. The largest absolute Gasteiger partial charge is 0.508 e. The fraction of sp³-hybridized carbons (Fsp3) is 0. The molecule has 144 valence electrons. The first-order valence-electron chi connectivity index (χ1n) is 8.53. The number of nitro groups is 1. The maximum atomic E-state index is 11.9. The molecule has 3 aromatic carbocycles. The Morgan fingerprint density at radius 2 is 1.55 bits per heavy atom. The minimum absolute atomic E-state index is 0.0585. The van der Waals surface area contributed by atoms with Gasteiger partial charge in [0.25, 0.3) is 11.6 Å². The van der Waals surface area contributed by atoms with E-state index in [1.54, 1.807) is 42.5 Å². The predicted molar refractivity (Wildman–Crippen MR) is 110 cm³/mol. The van der Waals surface area contributed by atoms with Gasteiger partial charge in [0.2, 0.25) is 0 Å². The molecule has 1 amide bonds. The molecule has 0 aromatic heterocycles. The summed E-state index contributed by atoms with van der Waals surface area (Å²) in [5.74, 6) is -0.315. The van der Waals surface area contributed by atoms with E-state index in [9.17, 15) is 20.0 Å². The SMILES string of the molecule is O=C(NN=Cc1ccc(C=Nc2ccccc2[N+](=O)[O-])cc1)c1ccc(O)cc1. The number of carbonyl (C=O) groups is 1. The van der Waals surface area contributed by atoms with Crippen LogP contribution in [0, 0.1) is 10.1 Å². The molecule has 0 bridgehead atoms. The molecule has 0 aliphatic carbocycles. The number of carbonyl (C=O) groups excluding carboxylic acids is 1. The van der Waals surface area contributed by atoms with Gasteiger partial charge in [-0.1, -0.05) is 36.4 Å². The number of hydrazone groups is 1. The van der Waals surface area contributed by atoms with E-state index in [1.807, 2.05) is 0 Å². The van der Waals surface area contributed by atoms with Crippen molar-refractivity contribution in [1.29, 1.82) is 0 Å². The van der Waals surface area contributed by atoms with Crippen molar-refractivity contribution < 1.29 is 14.8 Å². The van der Waals surface area contributed by atoms with Crippen molar-refractivity contribution in [2.45, 2.75) is 0 Å². The number of amides is 1. The van der Waals surface area contributed by atoms with E-state index < -0.39 is 10.8 Å². The lowest BCUT2D eigenvalue weighted by molar-refractivity contribution is -0.384. The zero-order valence-corrected chi connectivity index (χ0v) is 15.1. The number of hydrogen-bond donors (Lipinski definition) is 2. The number of para-hydroxylation sites is 2. The summed E-state index contributed by atoms with van der Waals surface area (Å²) in [6.45, 7) is 0. The third kappa shape index (κ3) is 5.33. The average Bonchev–Trinajstić information content (AvgIpc) is 2.73. The van der Waals surface area contributed by atoms with Gasteiger partial charge in [-0.25, -0.2) is 10.4 Å². The molecule has 0 aliphatic heterocycles. The molecule has 0 spiro atoms. The third-order valence-corrected chi connectivity index (χ3v) is 3.88. The first-order valence-corrected chi connectivity index (χ1v) is 8.53. The summed E-state index contributed by atoms with van der Waals surface area (Å²) in [7, 11) is 0. The number of hydrogen-bond acceptors (Lipinski definition) is 6. The predicted octanol–water partition coefficient (Wildman–Crippen LogP) is 3.81. The lowest BCUT2D eigenvalue weighted by Crippen LogP contribution is -2.17. The summed E-state index contributed by atoms with van der Waals surface area (Å²) in [4.78, 5) is 26.6. The Kier molecular flexibility index (Phi) is 6.06. The fourth-order valence-corrected chi connectivity index (χ4v) is 2.38. The van der Waals surface area contributed by atoms with Crippen molar-refractivity contribution in [2.75, 3.05) is 0 Å². The van der Waals surface area contributed by atoms with Crippen LogP contribution in [-0.2, 0) is 0 Å². The van der Waals surface area contributed by atoms with E-state index in [0.717, 1.165) is 11.1 Å². The normalized spacial score (nSPS) is 11.0. The molecule has 3 rings (SSSR count). The number of aliphatic imine (C=N–C) groups is 1. The minimum atomic E-state index is -0.474. The molecule has 0 saturated carbocycles. The lowest BCUT2D eigenvalue weighted by Gasteiger charge is -2.00. The number of nitrogens with one attached hydrogen (secondary N) is 1. The Balaban J connectivity index is 1.61. The van der Waals surface area contributed by atoms with Crippen LogP contribution < -0.4 is 5.43 Å². The van der Waals surface area contributed by atoms with Crippen molar-refractivity contribution in [2.24, 2.45) is 10.1 Å². The molecule has 0 atom stereocenters. The number of phenolic OH excluding ortho intramolecular Hbond substituents is 1. The summed E-state index contributed by atoms with van der Waals surface area (Å²) in [5, 5.41) is 24.1. The van der Waals surface area contributed by atoms with Gasteiger partial charge in [0, 0.05) is 17.8 Å². The summed E-state index contributed by atoms with van der Waals surface area (Å²) < 4.78 is 0. The van der Waals surface area contributed by atoms with Crippen LogP contribution in [0.1, 0.15) is 21.5 Å². The van der Waals surface area contributed by atoms with E-state index in [2.05, 4.69) is 15.5 Å². The Labute approximate surface area is 166 Å². The van der Waals surface area contributed by atoms with Crippen LogP contribution in [0.25, 0.3) is 0 Å². The van der Waals surface area contributed by atoms with Crippen LogP contribution in [0.15, 0.2) is 82.9 Å². The average molecular weight is 388 g/mol. The molecule has 0 radical (unpaired) electrons. The van der Waals surface area contributed by atoms with Crippen molar-refractivity contribution >= 4 is 29.7 Å². The summed E-state index contributed by atoms with van der Waals surface area (Å²) >= 11 is 0. The maximum absolute atomic E-state index is 11.9. The number of nitro benzene ring substituents is 1. The third-order valence-electron chi connectivity index (χ3n) is 3.88. The van der Waals surface area contributed by atoms with Gasteiger partial charge in [0.15, 0.2) is 0 Å². The van der Waals surface area contributed by atoms with Crippen LogP contribution in [0.3, 0.4) is 0 Å². The molecule has 8 nitrogen and oxygen atoms in total. The van der Waals surface area contributed by atoms with Gasteiger partial charge in [0.1, 0.15) is 11.4 Å². The van der Waals surface area contributed by atoms with Gasteiger partial charge in [0.05, 0.1) is 11.1 Å². The van der Waals surface area contributed by atoms with Gasteiger partial charge in [-0.05, 0) is 41.5 Å². The Morgan fingerprint density at radius 1 is 0.931 bits per heavy atom. The second kappa shape index (κ2) is 9.05. The lowest BCUT2D eigenvalue weighted by atomic mass is 10.1. The van der Waals surface area contributed by atoms with Crippen molar-refractivity contribution in [3.63, 3.8) is 0 Å². The molecular weight excluding hydrogens is 372 g/mol. The molecule has 0 fully saturated rings. The van der Waals surface area contributed by atoms with Gasteiger partial charge < -0.3 is 5.11 Å². The fourth-order valence-electron chi connectivity index (χ4n) is 2.38. The molecule has 0 saturated heterocycles. The van der Waals surface area contributed by atoms with Crippen LogP contribution in [-0.4, -0.2) is 28.4 Å². The van der Waals surface area contributed by atoms with Crippen molar-refractivity contribution in [1.82, 2.24) is 5.43 Å². The topological polar surface area (TPSA) is 117 Å². The highest BCUT2D eigenvalue weighted by molar-refractivity contribution is 5.95. The van der Waals surface area contributed by atoms with Crippen LogP contribution in [0.2, 0.25) is 0 Å². The van der Waals surface area contributed by atoms with Gasteiger partial charge in [-0.2, -0.15) is 5.10 Å². The monoisotopic (exact) mass is 388 g/mol. The highest BCUT2D eigenvalue weighted by Gasteiger charge is 2.10. The van der Waals surface area contributed by atoms with Gasteiger partial charge in [-0.15, -0.1) is 0 Å². The molecule has 0 heterocycles. The first-order chi connectivity index (χ1) is 14.0. The van der Waals surface area contributed by atoms with Gasteiger partial charge >= 0.3 is 0 Å². The molecule has 2 N–H and O–H groups in total. The Hall–Kier alpha value is -4.33. The maximum Gasteiger partial charge on any atom is 0.294 e. The zero-order valence-electron chi connectivity index (χ0n) is 15.1. The van der Waals surface area contributed by atoms with Crippen LogP contribution in [0.4, 0.5) is 11.4 Å². The highest BCUT2D eigenvalue weighted by atomic mass is 16.6. The summed E-state index contributed by atoms with van der Waals surface area (Å²) in [6, 6.07) is 19.2. The second-order valence-electron chi connectivity index (χ2n) is 5.92. The second-order valence-corrected chi connectivity index (χ2v) is 5.92. The van der Waals surface area contributed by atoms with E-state index in [0.29, 0.717) is 5.56 Å². The smallest absolute Gasteiger partial charge is 0.294 e. The summed E-state index contributed by atoms with van der Waals surface area (Å²) in [6.07, 6.45) is 3.02. The zero-order chi connectivity index (χ0) is 20.6. The molecule has 29 heavy (non-hydrogen) atoms. The van der Waals surface area contributed by atoms with E-state index in [1.165, 1.54) is 42.8 Å². The quantitative estimate of drug-likeness (QED) is 0.379. The Bertz CT molecular complexity index is 1070. The molecule has 0 unspecified atom stereocenters. The number of rotatable bonds is 6. The van der Waals surface area contributed by atoms with Gasteiger partial charge in [-0.3, -0.25) is 14.9 Å². The van der Waals surface area contributed by atoms with Crippen LogP contribution >= 0.6 is 0 Å². The number of nitrogens with zero attached hydrogens (tertiary/aromatic N) is 3. The molecule has 3 aromatic rings. The number of phenols is 1. The number of benzene rings is 3. The van der Waals surface area contributed by atoms with E-state index in [4.69, 9.17) is 0 Å². The first kappa shape index (κ1) is 19.4. The van der Waals surface area contributed by atoms with E-state index >= 15 is 0 Å². The molecule has 8 heteroatoms. The van der Waals surface area contributed by atoms with Crippen LogP contribution in [0.5, 0.6) is 5.75 Å². The summed E-state index contributed by atoms with van der Waals surface area (Å²) in [5.41, 5.74) is 4.51.